The zero-order valence-corrected chi connectivity index (χ0v) is 13.0. The molecule has 0 aliphatic heterocycles. The van der Waals surface area contributed by atoms with Crippen molar-refractivity contribution >= 4 is 29.7 Å². The Bertz CT molecular complexity index is 526. The molecule has 108 valence electrons. The molecule has 0 fully saturated rings. The minimum Gasteiger partial charge on any atom is -0.354 e. The molecule has 0 bridgehead atoms. The van der Waals surface area contributed by atoms with Crippen molar-refractivity contribution in [3.05, 3.63) is 58.3 Å². The zero-order chi connectivity index (χ0) is 13.7. The van der Waals surface area contributed by atoms with Crippen molar-refractivity contribution in [1.29, 1.82) is 0 Å². The molecule has 1 amide bonds. The molecule has 1 unspecified atom stereocenters. The van der Waals surface area contributed by atoms with E-state index in [1.807, 2.05) is 41.8 Å². The fourth-order valence-electron chi connectivity index (χ4n) is 1.85. The van der Waals surface area contributed by atoms with Crippen molar-refractivity contribution < 1.29 is 4.79 Å². The largest absolute Gasteiger partial charge is 0.354 e. The Labute approximate surface area is 129 Å². The quantitative estimate of drug-likeness (QED) is 0.892. The normalized spacial score (nSPS) is 13.1. The molecule has 0 radical (unpaired) electrons. The molecule has 2 rings (SSSR count). The topological polar surface area (TPSA) is 55.1 Å². The second-order valence-electron chi connectivity index (χ2n) is 4.65. The summed E-state index contributed by atoms with van der Waals surface area (Å²) in [6, 6.07) is 13.5. The fraction of sp³-hybridized carbons (Fsp3) is 0.267. The van der Waals surface area contributed by atoms with Gasteiger partial charge in [-0.2, -0.15) is 0 Å². The highest BCUT2D eigenvalue weighted by atomic mass is 35.5. The fourth-order valence-corrected chi connectivity index (χ4v) is 2.56. The third kappa shape index (κ3) is 4.07. The van der Waals surface area contributed by atoms with Crippen molar-refractivity contribution in [2.45, 2.75) is 18.9 Å². The lowest BCUT2D eigenvalue weighted by atomic mass is 9.92. The number of nitrogens with one attached hydrogen (secondary N) is 1. The summed E-state index contributed by atoms with van der Waals surface area (Å²) >= 11 is 1.70. The summed E-state index contributed by atoms with van der Waals surface area (Å²) < 4.78 is 0. The Morgan fingerprint density at radius 2 is 1.95 bits per heavy atom. The second kappa shape index (κ2) is 7.43. The Morgan fingerprint density at radius 3 is 2.55 bits per heavy atom. The molecular weight excluding hydrogens is 292 g/mol. The van der Waals surface area contributed by atoms with E-state index in [0.29, 0.717) is 6.54 Å². The SMILES string of the molecule is CC(N)(C(=O)NCCc1cccs1)c1ccccc1.Cl. The van der Waals surface area contributed by atoms with Crippen LogP contribution in [0.5, 0.6) is 0 Å². The van der Waals surface area contributed by atoms with Crippen LogP contribution in [0.2, 0.25) is 0 Å². The maximum atomic E-state index is 12.2. The monoisotopic (exact) mass is 310 g/mol. The van der Waals surface area contributed by atoms with Crippen molar-refractivity contribution in [3.8, 4) is 0 Å². The van der Waals surface area contributed by atoms with E-state index in [1.165, 1.54) is 4.88 Å². The van der Waals surface area contributed by atoms with Gasteiger partial charge in [0.15, 0.2) is 0 Å². The molecule has 3 N–H and O–H groups in total. The highest BCUT2D eigenvalue weighted by Gasteiger charge is 2.29. The first-order chi connectivity index (χ1) is 9.10. The summed E-state index contributed by atoms with van der Waals surface area (Å²) in [5, 5.41) is 4.94. The van der Waals surface area contributed by atoms with Crippen LogP contribution in [0, 0.1) is 0 Å². The van der Waals surface area contributed by atoms with E-state index in [9.17, 15) is 4.79 Å². The van der Waals surface area contributed by atoms with Crippen LogP contribution < -0.4 is 11.1 Å². The summed E-state index contributed by atoms with van der Waals surface area (Å²) in [6.45, 7) is 2.35. The van der Waals surface area contributed by atoms with E-state index in [0.717, 1.165) is 12.0 Å². The molecule has 1 aromatic heterocycles. The molecule has 0 aliphatic rings. The number of hydrogen-bond donors (Lipinski definition) is 2. The van der Waals surface area contributed by atoms with Gasteiger partial charge in [-0.15, -0.1) is 23.7 Å². The maximum Gasteiger partial charge on any atom is 0.244 e. The smallest absolute Gasteiger partial charge is 0.244 e. The summed E-state index contributed by atoms with van der Waals surface area (Å²) in [7, 11) is 0. The van der Waals surface area contributed by atoms with Gasteiger partial charge < -0.3 is 11.1 Å². The van der Waals surface area contributed by atoms with Crippen molar-refractivity contribution in [2.24, 2.45) is 5.73 Å². The number of thiophene rings is 1. The zero-order valence-electron chi connectivity index (χ0n) is 11.3. The molecule has 5 heteroatoms. The Hall–Kier alpha value is -1.36. The third-order valence-corrected chi connectivity index (χ3v) is 4.02. The highest BCUT2D eigenvalue weighted by Crippen LogP contribution is 2.17. The lowest BCUT2D eigenvalue weighted by molar-refractivity contribution is -0.126. The molecule has 2 aromatic rings. The molecule has 3 nitrogen and oxygen atoms in total. The number of halogens is 1. The van der Waals surface area contributed by atoms with E-state index in [4.69, 9.17) is 5.73 Å². The summed E-state index contributed by atoms with van der Waals surface area (Å²) in [5.41, 5.74) is 5.97. The Morgan fingerprint density at radius 1 is 1.25 bits per heavy atom. The minimum absolute atomic E-state index is 0. The van der Waals surface area contributed by atoms with E-state index in [-0.39, 0.29) is 18.3 Å². The van der Waals surface area contributed by atoms with Crippen LogP contribution >= 0.6 is 23.7 Å². The van der Waals surface area contributed by atoms with Crippen LogP contribution in [0.1, 0.15) is 17.4 Å². The second-order valence-corrected chi connectivity index (χ2v) is 5.69. The van der Waals surface area contributed by atoms with Crippen molar-refractivity contribution in [2.75, 3.05) is 6.54 Å². The van der Waals surface area contributed by atoms with Gasteiger partial charge in [-0.05, 0) is 30.4 Å². The number of carbonyl (C=O) groups is 1. The number of nitrogens with two attached hydrogens (primary N) is 1. The van der Waals surface area contributed by atoms with Gasteiger partial charge in [-0.25, -0.2) is 0 Å². The van der Waals surface area contributed by atoms with E-state index < -0.39 is 5.54 Å². The Balaban J connectivity index is 0.00000200. The molecule has 0 saturated heterocycles. The van der Waals surface area contributed by atoms with Crippen LogP contribution in [0.25, 0.3) is 0 Å². The lowest BCUT2D eigenvalue weighted by Crippen LogP contribution is -2.49. The summed E-state index contributed by atoms with van der Waals surface area (Å²) in [4.78, 5) is 13.4. The van der Waals surface area contributed by atoms with E-state index >= 15 is 0 Å². The predicted molar refractivity (Wildman–Crippen MR) is 86.3 cm³/mol. The molecule has 0 aliphatic carbocycles. The predicted octanol–water partition coefficient (Wildman–Crippen LogP) is 2.70. The van der Waals surface area contributed by atoms with Gasteiger partial charge in [0.05, 0.1) is 0 Å². The summed E-state index contributed by atoms with van der Waals surface area (Å²) in [6.07, 6.45) is 0.842. The minimum atomic E-state index is -0.989. The first-order valence-electron chi connectivity index (χ1n) is 6.26. The van der Waals surface area contributed by atoms with Gasteiger partial charge in [0.1, 0.15) is 5.54 Å². The molecule has 20 heavy (non-hydrogen) atoms. The maximum absolute atomic E-state index is 12.2. The highest BCUT2D eigenvalue weighted by molar-refractivity contribution is 7.09. The molecule has 0 spiro atoms. The van der Waals surface area contributed by atoms with E-state index in [1.54, 1.807) is 18.3 Å². The standard InChI is InChI=1S/C15H18N2OS.ClH/c1-15(16,12-6-3-2-4-7-12)14(18)17-10-9-13-8-5-11-19-13;/h2-8,11H,9-10,16H2,1H3,(H,17,18);1H. The van der Waals surface area contributed by atoms with Gasteiger partial charge in [0.2, 0.25) is 5.91 Å². The number of rotatable bonds is 5. The third-order valence-electron chi connectivity index (χ3n) is 3.08. The van der Waals surface area contributed by atoms with Crippen molar-refractivity contribution in [3.63, 3.8) is 0 Å². The Kier molecular flexibility index (Phi) is 6.20. The molecular formula is C15H19ClN2OS. The molecule has 0 saturated carbocycles. The van der Waals surface area contributed by atoms with Crippen LogP contribution in [0.3, 0.4) is 0 Å². The number of benzene rings is 1. The van der Waals surface area contributed by atoms with Gasteiger partial charge in [-0.1, -0.05) is 36.4 Å². The van der Waals surface area contributed by atoms with E-state index in [2.05, 4.69) is 11.4 Å². The number of amides is 1. The van der Waals surface area contributed by atoms with Crippen LogP contribution in [-0.4, -0.2) is 12.5 Å². The van der Waals surface area contributed by atoms with Gasteiger partial charge in [-0.3, -0.25) is 4.79 Å². The van der Waals surface area contributed by atoms with Crippen LogP contribution in [0.4, 0.5) is 0 Å². The molecule has 1 aromatic carbocycles. The van der Waals surface area contributed by atoms with Gasteiger partial charge >= 0.3 is 0 Å². The van der Waals surface area contributed by atoms with Crippen molar-refractivity contribution in [1.82, 2.24) is 5.32 Å². The van der Waals surface area contributed by atoms with Gasteiger partial charge in [0.25, 0.3) is 0 Å². The first kappa shape index (κ1) is 16.7. The molecule has 1 heterocycles. The van der Waals surface area contributed by atoms with Crippen LogP contribution in [0.15, 0.2) is 47.8 Å². The van der Waals surface area contributed by atoms with Crippen LogP contribution in [-0.2, 0) is 16.8 Å². The lowest BCUT2D eigenvalue weighted by Gasteiger charge is -2.24. The average Bonchev–Trinajstić information content (AvgIpc) is 2.93. The first-order valence-corrected chi connectivity index (χ1v) is 7.14. The summed E-state index contributed by atoms with van der Waals surface area (Å²) in [5.74, 6) is -0.143. The number of hydrogen-bond acceptors (Lipinski definition) is 3. The molecule has 1 atom stereocenters. The van der Waals surface area contributed by atoms with Gasteiger partial charge in [0, 0.05) is 11.4 Å². The average molecular weight is 311 g/mol. The number of carbonyl (C=O) groups excluding carboxylic acids is 1.